The van der Waals surface area contributed by atoms with Gasteiger partial charge < -0.3 is 5.32 Å². The van der Waals surface area contributed by atoms with E-state index in [4.69, 9.17) is 10.7 Å². The van der Waals surface area contributed by atoms with Gasteiger partial charge in [0.2, 0.25) is 0 Å². The van der Waals surface area contributed by atoms with Crippen molar-refractivity contribution in [3.05, 3.63) is 29.1 Å². The number of alkyl halides is 2. The van der Waals surface area contributed by atoms with Gasteiger partial charge in [-0.15, -0.1) is 0 Å². The number of benzene rings is 1. The van der Waals surface area contributed by atoms with Crippen molar-refractivity contribution in [3.8, 4) is 0 Å². The van der Waals surface area contributed by atoms with Crippen LogP contribution in [0.25, 0.3) is 0 Å². The zero-order valence-electron chi connectivity index (χ0n) is 9.58. The number of nitrogens with one attached hydrogen (secondary N) is 1. The Balaban J connectivity index is 3.20. The summed E-state index contributed by atoms with van der Waals surface area (Å²) >= 11 is 0. The second kappa shape index (κ2) is 5.79. The lowest BCUT2D eigenvalue weighted by molar-refractivity contribution is 0.0887. The predicted octanol–water partition coefficient (Wildman–Crippen LogP) is 2.06. The van der Waals surface area contributed by atoms with E-state index in [9.17, 15) is 26.4 Å². The fourth-order valence-corrected chi connectivity index (χ4v) is 2.15. The van der Waals surface area contributed by atoms with E-state index in [0.29, 0.717) is 6.07 Å². The monoisotopic (exact) mass is 315 g/mol. The molecular formula is C10H9ClF3NO3S. The Bertz CT molecular complexity index is 604. The summed E-state index contributed by atoms with van der Waals surface area (Å²) in [6.45, 7) is 0.264. The summed E-state index contributed by atoms with van der Waals surface area (Å²) in [6.07, 6.45) is -2.80. The lowest BCUT2D eigenvalue weighted by Crippen LogP contribution is -2.29. The van der Waals surface area contributed by atoms with Crippen molar-refractivity contribution in [3.63, 3.8) is 0 Å². The van der Waals surface area contributed by atoms with Gasteiger partial charge in [0.05, 0.1) is 17.0 Å². The van der Waals surface area contributed by atoms with Crippen LogP contribution in [0.5, 0.6) is 0 Å². The quantitative estimate of drug-likeness (QED) is 0.865. The van der Waals surface area contributed by atoms with Crippen molar-refractivity contribution in [2.24, 2.45) is 0 Å². The highest BCUT2D eigenvalue weighted by atomic mass is 35.7. The Labute approximate surface area is 112 Å². The molecule has 0 spiro atoms. The van der Waals surface area contributed by atoms with Crippen molar-refractivity contribution in [1.82, 2.24) is 5.32 Å². The summed E-state index contributed by atoms with van der Waals surface area (Å²) < 4.78 is 59.8. The van der Waals surface area contributed by atoms with Crippen molar-refractivity contribution < 1.29 is 26.4 Å². The minimum atomic E-state index is -4.15. The molecule has 9 heteroatoms. The van der Waals surface area contributed by atoms with Gasteiger partial charge in [-0.25, -0.2) is 21.6 Å². The smallest absolute Gasteiger partial charge is 0.261 e. The maximum absolute atomic E-state index is 13.7. The van der Waals surface area contributed by atoms with Gasteiger partial charge in [-0.1, -0.05) is 0 Å². The normalized spacial score (nSPS) is 11.7. The van der Waals surface area contributed by atoms with E-state index in [1.165, 1.54) is 6.92 Å². The van der Waals surface area contributed by atoms with E-state index in [1.54, 1.807) is 5.32 Å². The fraction of sp³-hybridized carbons (Fsp3) is 0.300. The highest BCUT2D eigenvalue weighted by molar-refractivity contribution is 8.13. The third-order valence-electron chi connectivity index (χ3n) is 2.17. The van der Waals surface area contributed by atoms with E-state index >= 15 is 0 Å². The Kier molecular flexibility index (Phi) is 4.81. The summed E-state index contributed by atoms with van der Waals surface area (Å²) in [5, 5.41) is 1.78. The lowest BCUT2D eigenvalue weighted by Gasteiger charge is -2.08. The number of aryl methyl sites for hydroxylation is 1. The Morgan fingerprint density at radius 2 is 2.00 bits per heavy atom. The molecule has 0 aliphatic carbocycles. The van der Waals surface area contributed by atoms with Crippen molar-refractivity contribution >= 4 is 25.6 Å². The molecule has 0 saturated carbocycles. The van der Waals surface area contributed by atoms with Crippen molar-refractivity contribution in [2.45, 2.75) is 18.2 Å². The molecule has 0 unspecified atom stereocenters. The maximum atomic E-state index is 13.7. The summed E-state index contributed by atoms with van der Waals surface area (Å²) in [5.41, 5.74) is -0.788. The molecule has 0 radical (unpaired) electrons. The van der Waals surface area contributed by atoms with Gasteiger partial charge in [-0.3, -0.25) is 4.79 Å². The average molecular weight is 316 g/mol. The van der Waals surface area contributed by atoms with Gasteiger partial charge in [0, 0.05) is 10.7 Å². The Hall–Kier alpha value is -1.28. The van der Waals surface area contributed by atoms with Crippen LogP contribution in [0.4, 0.5) is 13.2 Å². The van der Waals surface area contributed by atoms with Gasteiger partial charge in [0.25, 0.3) is 21.4 Å². The van der Waals surface area contributed by atoms with Gasteiger partial charge in [-0.05, 0) is 24.6 Å². The third-order valence-corrected chi connectivity index (χ3v) is 3.50. The van der Waals surface area contributed by atoms with Crippen LogP contribution in [0.1, 0.15) is 15.9 Å². The zero-order chi connectivity index (χ0) is 14.8. The highest BCUT2D eigenvalue weighted by Crippen LogP contribution is 2.22. The first kappa shape index (κ1) is 15.8. The van der Waals surface area contributed by atoms with Crippen LogP contribution >= 0.6 is 10.7 Å². The average Bonchev–Trinajstić information content (AvgIpc) is 2.27. The van der Waals surface area contributed by atoms with Gasteiger partial charge in [0.15, 0.2) is 0 Å². The Morgan fingerprint density at radius 1 is 1.42 bits per heavy atom. The number of amides is 1. The predicted molar refractivity (Wildman–Crippen MR) is 62.5 cm³/mol. The van der Waals surface area contributed by atoms with E-state index in [0.717, 1.165) is 6.07 Å². The van der Waals surface area contributed by atoms with Gasteiger partial charge in [0.1, 0.15) is 5.82 Å². The summed E-state index contributed by atoms with van der Waals surface area (Å²) in [6, 6.07) is 1.65. The molecule has 0 aliphatic heterocycles. The van der Waals surface area contributed by atoms with Crippen LogP contribution in [0, 0.1) is 12.7 Å². The first-order valence-electron chi connectivity index (χ1n) is 4.94. The number of carbonyl (C=O) groups is 1. The maximum Gasteiger partial charge on any atom is 0.261 e. The largest absolute Gasteiger partial charge is 0.346 e. The minimum absolute atomic E-state index is 0.135. The zero-order valence-corrected chi connectivity index (χ0v) is 11.2. The molecule has 0 aliphatic rings. The second-order valence-electron chi connectivity index (χ2n) is 3.64. The van der Waals surface area contributed by atoms with E-state index in [2.05, 4.69) is 0 Å². The fourth-order valence-electron chi connectivity index (χ4n) is 1.31. The molecule has 1 rings (SSSR count). The van der Waals surface area contributed by atoms with Crippen LogP contribution in [-0.2, 0) is 9.05 Å². The van der Waals surface area contributed by atoms with E-state index in [1.807, 2.05) is 0 Å². The molecule has 1 N–H and O–H groups in total. The number of hydrogen-bond donors (Lipinski definition) is 1. The summed E-state index contributed by atoms with van der Waals surface area (Å²) in [4.78, 5) is 11.0. The molecular weight excluding hydrogens is 307 g/mol. The van der Waals surface area contributed by atoms with Crippen molar-refractivity contribution in [2.75, 3.05) is 6.54 Å². The first-order chi connectivity index (χ1) is 8.62. The SMILES string of the molecule is Cc1cc(S(=O)(=O)Cl)cc(C(=O)NCC(F)F)c1F. The highest BCUT2D eigenvalue weighted by Gasteiger charge is 2.20. The van der Waals surface area contributed by atoms with Gasteiger partial charge >= 0.3 is 0 Å². The lowest BCUT2D eigenvalue weighted by atomic mass is 10.1. The van der Waals surface area contributed by atoms with Crippen molar-refractivity contribution in [1.29, 1.82) is 0 Å². The molecule has 0 bridgehead atoms. The molecule has 106 valence electrons. The van der Waals surface area contributed by atoms with Crippen LogP contribution in [-0.4, -0.2) is 27.3 Å². The van der Waals surface area contributed by atoms with E-state index < -0.39 is 44.2 Å². The molecule has 0 fully saturated rings. The van der Waals surface area contributed by atoms with Crippen LogP contribution < -0.4 is 5.32 Å². The summed E-state index contributed by atoms with van der Waals surface area (Å²) in [5.74, 6) is -2.13. The Morgan fingerprint density at radius 3 is 2.47 bits per heavy atom. The third kappa shape index (κ3) is 4.10. The number of hydrogen-bond acceptors (Lipinski definition) is 3. The number of rotatable bonds is 4. The molecule has 1 amide bonds. The molecule has 1 aromatic carbocycles. The minimum Gasteiger partial charge on any atom is -0.346 e. The molecule has 0 atom stereocenters. The molecule has 0 aromatic heterocycles. The van der Waals surface area contributed by atoms with Crippen LogP contribution in [0.2, 0.25) is 0 Å². The number of carbonyl (C=O) groups excluding carboxylic acids is 1. The van der Waals surface area contributed by atoms with E-state index in [-0.39, 0.29) is 5.56 Å². The second-order valence-corrected chi connectivity index (χ2v) is 6.21. The molecule has 1 aromatic rings. The first-order valence-corrected chi connectivity index (χ1v) is 7.25. The number of halogens is 4. The van der Waals surface area contributed by atoms with Gasteiger partial charge in [-0.2, -0.15) is 0 Å². The van der Waals surface area contributed by atoms with Crippen LogP contribution in [0.15, 0.2) is 17.0 Å². The standard InChI is InChI=1S/C10H9ClF3NO3S/c1-5-2-6(19(11,17)18)3-7(9(5)14)10(16)15-4-8(12)13/h2-3,8H,4H2,1H3,(H,15,16). The summed E-state index contributed by atoms with van der Waals surface area (Å²) in [7, 11) is 0.933. The van der Waals surface area contributed by atoms with Crippen LogP contribution in [0.3, 0.4) is 0 Å². The topological polar surface area (TPSA) is 63.2 Å². The molecule has 0 saturated heterocycles. The molecule has 19 heavy (non-hydrogen) atoms. The molecule has 4 nitrogen and oxygen atoms in total. The molecule has 0 heterocycles.